The van der Waals surface area contributed by atoms with E-state index in [1.165, 1.54) is 6.42 Å². The van der Waals surface area contributed by atoms with Crippen molar-refractivity contribution in [3.63, 3.8) is 0 Å². The van der Waals surface area contributed by atoms with Crippen LogP contribution < -0.4 is 10.1 Å². The van der Waals surface area contributed by atoms with Crippen LogP contribution in [0.5, 0.6) is 5.75 Å². The maximum Gasteiger partial charge on any atom is 0.128 e. The van der Waals surface area contributed by atoms with Gasteiger partial charge >= 0.3 is 0 Å². The molecule has 5 heteroatoms. The lowest BCUT2D eigenvalue weighted by atomic mass is 10.1. The summed E-state index contributed by atoms with van der Waals surface area (Å²) in [6.07, 6.45) is 5.92. The lowest BCUT2D eigenvalue weighted by Crippen LogP contribution is -2.14. The smallest absolute Gasteiger partial charge is 0.128 e. The molecule has 2 aromatic rings. The van der Waals surface area contributed by atoms with Gasteiger partial charge in [-0.05, 0) is 37.6 Å². The second-order valence-corrected chi connectivity index (χ2v) is 5.26. The van der Waals surface area contributed by atoms with Crippen LogP contribution in [0.2, 0.25) is 5.02 Å². The number of nitrogens with zero attached hydrogens (tertiary/aromatic N) is 2. The van der Waals surface area contributed by atoms with Crippen LogP contribution in [0.15, 0.2) is 30.6 Å². The Hall–Kier alpha value is -1.65. The van der Waals surface area contributed by atoms with E-state index < -0.39 is 0 Å². The minimum atomic E-state index is 0.331. The molecule has 0 spiro atoms. The van der Waals surface area contributed by atoms with Crippen LogP contribution in [0.4, 0.5) is 0 Å². The quantitative estimate of drug-likeness (QED) is 0.942. The molecule has 1 aliphatic rings. The highest BCUT2D eigenvalue weighted by molar-refractivity contribution is 6.30. The summed E-state index contributed by atoms with van der Waals surface area (Å²) in [5, 5.41) is 4.07. The highest BCUT2D eigenvalue weighted by atomic mass is 35.5. The second-order valence-electron chi connectivity index (χ2n) is 4.82. The molecule has 0 radical (unpaired) electrons. The first-order valence-corrected chi connectivity index (χ1v) is 7.05. The molecule has 1 unspecified atom stereocenters. The molecule has 20 heavy (non-hydrogen) atoms. The Bertz CT molecular complexity index is 595. The third-order valence-electron chi connectivity index (χ3n) is 3.53. The van der Waals surface area contributed by atoms with Crippen LogP contribution in [-0.2, 0) is 0 Å². The average Bonchev–Trinajstić information content (AvgIpc) is 3.02. The number of halogens is 1. The van der Waals surface area contributed by atoms with Crippen molar-refractivity contribution in [1.82, 2.24) is 15.3 Å². The molecule has 1 saturated heterocycles. The van der Waals surface area contributed by atoms with Gasteiger partial charge in [0, 0.05) is 10.6 Å². The van der Waals surface area contributed by atoms with E-state index in [0.717, 1.165) is 35.7 Å². The summed E-state index contributed by atoms with van der Waals surface area (Å²) < 4.78 is 5.35. The van der Waals surface area contributed by atoms with Gasteiger partial charge in [0.25, 0.3) is 0 Å². The average molecular weight is 290 g/mol. The zero-order chi connectivity index (χ0) is 13.9. The summed E-state index contributed by atoms with van der Waals surface area (Å²) in [6.45, 7) is 1.05. The standard InChI is InChI=1S/C15H16ClN3O/c1-20-15-5-4-10(16)7-11(15)13-8-19-14(9-18-13)12-3-2-6-17-12/h4-5,7-9,12,17H,2-3,6H2,1H3. The van der Waals surface area contributed by atoms with Crippen LogP contribution in [0.25, 0.3) is 11.3 Å². The fourth-order valence-electron chi connectivity index (χ4n) is 2.47. The Kier molecular flexibility index (Phi) is 3.85. The van der Waals surface area contributed by atoms with E-state index in [1.807, 2.05) is 18.3 Å². The molecular formula is C15H16ClN3O. The first-order chi connectivity index (χ1) is 9.78. The van der Waals surface area contributed by atoms with Crippen molar-refractivity contribution in [3.8, 4) is 17.0 Å². The Labute approximate surface area is 123 Å². The molecule has 1 aliphatic heterocycles. The minimum Gasteiger partial charge on any atom is -0.496 e. The van der Waals surface area contributed by atoms with Crippen molar-refractivity contribution in [2.75, 3.05) is 13.7 Å². The molecule has 3 rings (SSSR count). The number of methoxy groups -OCH3 is 1. The molecule has 1 aromatic heterocycles. The van der Waals surface area contributed by atoms with Gasteiger partial charge in [-0.1, -0.05) is 11.6 Å². The maximum absolute atomic E-state index is 6.04. The molecule has 1 N–H and O–H groups in total. The second kappa shape index (κ2) is 5.77. The summed E-state index contributed by atoms with van der Waals surface area (Å²) in [5.41, 5.74) is 2.62. The monoisotopic (exact) mass is 289 g/mol. The normalized spacial score (nSPS) is 18.2. The van der Waals surface area contributed by atoms with Gasteiger partial charge in [-0.25, -0.2) is 0 Å². The molecule has 4 nitrogen and oxygen atoms in total. The lowest BCUT2D eigenvalue weighted by Gasteiger charge is -2.11. The first-order valence-electron chi connectivity index (χ1n) is 6.67. The number of aromatic nitrogens is 2. The van der Waals surface area contributed by atoms with Crippen molar-refractivity contribution in [3.05, 3.63) is 41.3 Å². The molecule has 0 saturated carbocycles. The van der Waals surface area contributed by atoms with Crippen LogP contribution in [-0.4, -0.2) is 23.6 Å². The Balaban J connectivity index is 1.92. The SMILES string of the molecule is COc1ccc(Cl)cc1-c1cnc(C2CCCN2)cn1. The summed E-state index contributed by atoms with van der Waals surface area (Å²) in [4.78, 5) is 9.02. The molecule has 0 amide bonds. The number of nitrogens with one attached hydrogen (secondary N) is 1. The molecular weight excluding hydrogens is 274 g/mol. The topological polar surface area (TPSA) is 47.0 Å². The van der Waals surface area contributed by atoms with Gasteiger partial charge in [-0.15, -0.1) is 0 Å². The highest BCUT2D eigenvalue weighted by Gasteiger charge is 2.18. The van der Waals surface area contributed by atoms with Crippen LogP contribution in [0, 0.1) is 0 Å². The van der Waals surface area contributed by atoms with Gasteiger partial charge in [0.05, 0.1) is 36.9 Å². The van der Waals surface area contributed by atoms with Crippen molar-refractivity contribution in [2.45, 2.75) is 18.9 Å². The number of ether oxygens (including phenoxy) is 1. The first kappa shape index (κ1) is 13.3. The summed E-state index contributed by atoms with van der Waals surface area (Å²) in [7, 11) is 1.64. The summed E-state index contributed by atoms with van der Waals surface area (Å²) >= 11 is 6.04. The fraction of sp³-hybridized carbons (Fsp3) is 0.333. The molecule has 1 atom stereocenters. The third kappa shape index (κ3) is 2.62. The van der Waals surface area contributed by atoms with Crippen LogP contribution in [0.3, 0.4) is 0 Å². The van der Waals surface area contributed by atoms with Gasteiger partial charge in [-0.2, -0.15) is 0 Å². The number of rotatable bonds is 3. The van der Waals surface area contributed by atoms with E-state index in [2.05, 4.69) is 15.3 Å². The van der Waals surface area contributed by atoms with Crippen LogP contribution >= 0.6 is 11.6 Å². The molecule has 1 aromatic carbocycles. The summed E-state index contributed by atoms with van der Waals surface area (Å²) in [5.74, 6) is 0.746. The molecule has 0 bridgehead atoms. The van der Waals surface area contributed by atoms with E-state index >= 15 is 0 Å². The fourth-order valence-corrected chi connectivity index (χ4v) is 2.65. The Morgan fingerprint density at radius 3 is 2.85 bits per heavy atom. The third-order valence-corrected chi connectivity index (χ3v) is 3.76. The van der Waals surface area contributed by atoms with Gasteiger partial charge in [-0.3, -0.25) is 9.97 Å². The van der Waals surface area contributed by atoms with E-state index in [4.69, 9.17) is 16.3 Å². The predicted molar refractivity (Wildman–Crippen MR) is 79.0 cm³/mol. The van der Waals surface area contributed by atoms with Crippen molar-refractivity contribution in [2.24, 2.45) is 0 Å². The van der Waals surface area contributed by atoms with Gasteiger partial charge < -0.3 is 10.1 Å². The van der Waals surface area contributed by atoms with Gasteiger partial charge in [0.1, 0.15) is 5.75 Å². The highest BCUT2D eigenvalue weighted by Crippen LogP contribution is 2.31. The zero-order valence-corrected chi connectivity index (χ0v) is 12.0. The summed E-state index contributed by atoms with van der Waals surface area (Å²) in [6, 6.07) is 5.82. The number of hydrogen-bond acceptors (Lipinski definition) is 4. The zero-order valence-electron chi connectivity index (χ0n) is 11.3. The Morgan fingerprint density at radius 1 is 1.30 bits per heavy atom. The maximum atomic E-state index is 6.04. The number of hydrogen-bond donors (Lipinski definition) is 1. The van der Waals surface area contributed by atoms with E-state index in [-0.39, 0.29) is 0 Å². The number of benzene rings is 1. The van der Waals surface area contributed by atoms with E-state index in [1.54, 1.807) is 19.4 Å². The molecule has 0 aliphatic carbocycles. The van der Waals surface area contributed by atoms with E-state index in [0.29, 0.717) is 11.1 Å². The minimum absolute atomic E-state index is 0.331. The van der Waals surface area contributed by atoms with Crippen molar-refractivity contribution >= 4 is 11.6 Å². The predicted octanol–water partition coefficient (Wildman–Crippen LogP) is 3.23. The lowest BCUT2D eigenvalue weighted by molar-refractivity contribution is 0.416. The van der Waals surface area contributed by atoms with Gasteiger partial charge in [0.2, 0.25) is 0 Å². The molecule has 2 heterocycles. The molecule has 1 fully saturated rings. The van der Waals surface area contributed by atoms with Crippen LogP contribution in [0.1, 0.15) is 24.6 Å². The van der Waals surface area contributed by atoms with Crippen molar-refractivity contribution in [1.29, 1.82) is 0 Å². The van der Waals surface area contributed by atoms with E-state index in [9.17, 15) is 0 Å². The van der Waals surface area contributed by atoms with Crippen molar-refractivity contribution < 1.29 is 4.74 Å². The molecule has 104 valence electrons. The Morgan fingerprint density at radius 2 is 2.20 bits per heavy atom. The largest absolute Gasteiger partial charge is 0.496 e. The van der Waals surface area contributed by atoms with Gasteiger partial charge in [0.15, 0.2) is 0 Å².